The van der Waals surface area contributed by atoms with Gasteiger partial charge < -0.3 is 14.8 Å². The zero-order valence-corrected chi connectivity index (χ0v) is 13.5. The van der Waals surface area contributed by atoms with Crippen LogP contribution in [0.5, 0.6) is 11.5 Å². The van der Waals surface area contributed by atoms with Crippen molar-refractivity contribution in [1.82, 2.24) is 0 Å². The predicted molar refractivity (Wildman–Crippen MR) is 87.1 cm³/mol. The first kappa shape index (κ1) is 16.0. The molecule has 2 rings (SSSR count). The first-order valence-electron chi connectivity index (χ1n) is 6.24. The van der Waals surface area contributed by atoms with Crippen molar-refractivity contribution >= 4 is 33.2 Å². The van der Waals surface area contributed by atoms with E-state index in [1.165, 1.54) is 26.4 Å². The standard InChI is InChI=1S/C15H13BrN2O4/c1-21-11-6-10(7-12(8-11)22-2)17-15(19)13-4-3-9(16)5-14(13)18-20/h3-8H,1-2H3,(H,17,19). The van der Waals surface area contributed by atoms with Gasteiger partial charge in [0.1, 0.15) is 17.2 Å². The SMILES string of the molecule is COc1cc(NC(=O)c2ccc(Br)cc2N=O)cc(OC)c1. The molecule has 1 amide bonds. The van der Waals surface area contributed by atoms with Gasteiger partial charge in [0.25, 0.3) is 5.91 Å². The van der Waals surface area contributed by atoms with Crippen LogP contribution in [-0.4, -0.2) is 20.1 Å². The van der Waals surface area contributed by atoms with E-state index < -0.39 is 5.91 Å². The number of halogens is 1. The fraction of sp³-hybridized carbons (Fsp3) is 0.133. The van der Waals surface area contributed by atoms with E-state index in [0.717, 1.165) is 0 Å². The summed E-state index contributed by atoms with van der Waals surface area (Å²) in [6, 6.07) is 9.64. The molecular formula is C15H13BrN2O4. The summed E-state index contributed by atoms with van der Waals surface area (Å²) in [5.74, 6) is 0.635. The molecule has 6 nitrogen and oxygen atoms in total. The Morgan fingerprint density at radius 1 is 1.09 bits per heavy atom. The van der Waals surface area contributed by atoms with Crippen molar-refractivity contribution in [2.24, 2.45) is 5.18 Å². The van der Waals surface area contributed by atoms with Gasteiger partial charge in [0.2, 0.25) is 0 Å². The summed E-state index contributed by atoms with van der Waals surface area (Å²) in [6.07, 6.45) is 0. The van der Waals surface area contributed by atoms with E-state index in [2.05, 4.69) is 26.4 Å². The summed E-state index contributed by atoms with van der Waals surface area (Å²) in [5.41, 5.74) is 0.725. The van der Waals surface area contributed by atoms with Crippen LogP contribution in [0.1, 0.15) is 10.4 Å². The Bertz CT molecular complexity index is 696. The van der Waals surface area contributed by atoms with Crippen LogP contribution in [0.3, 0.4) is 0 Å². The number of hydrogen-bond acceptors (Lipinski definition) is 5. The van der Waals surface area contributed by atoms with Crippen LogP contribution in [0, 0.1) is 4.91 Å². The number of carbonyl (C=O) groups is 1. The van der Waals surface area contributed by atoms with Gasteiger partial charge in [-0.1, -0.05) is 15.9 Å². The third kappa shape index (κ3) is 3.62. The van der Waals surface area contributed by atoms with Gasteiger partial charge in [0, 0.05) is 28.4 Å². The molecule has 1 N–H and O–H groups in total. The summed E-state index contributed by atoms with van der Waals surface area (Å²) in [5, 5.41) is 5.56. The number of amides is 1. The maximum Gasteiger partial charge on any atom is 0.257 e. The monoisotopic (exact) mass is 364 g/mol. The molecule has 0 aliphatic carbocycles. The van der Waals surface area contributed by atoms with E-state index in [-0.39, 0.29) is 11.3 Å². The molecule has 0 aliphatic rings. The molecule has 0 bridgehead atoms. The van der Waals surface area contributed by atoms with Crippen molar-refractivity contribution in [3.63, 3.8) is 0 Å². The Kier molecular flexibility index (Phi) is 5.11. The molecule has 22 heavy (non-hydrogen) atoms. The molecule has 0 fully saturated rings. The zero-order chi connectivity index (χ0) is 16.1. The molecule has 0 saturated heterocycles. The normalized spacial score (nSPS) is 9.95. The molecule has 7 heteroatoms. The Morgan fingerprint density at radius 2 is 1.73 bits per heavy atom. The topological polar surface area (TPSA) is 77.0 Å². The van der Waals surface area contributed by atoms with Gasteiger partial charge in [-0.25, -0.2) is 0 Å². The number of rotatable bonds is 5. The lowest BCUT2D eigenvalue weighted by atomic mass is 10.1. The molecule has 114 valence electrons. The number of methoxy groups -OCH3 is 2. The van der Waals surface area contributed by atoms with Crippen LogP contribution >= 0.6 is 15.9 Å². The molecule has 0 aromatic heterocycles. The second kappa shape index (κ2) is 7.04. The summed E-state index contributed by atoms with van der Waals surface area (Å²) in [7, 11) is 3.03. The minimum atomic E-state index is -0.447. The molecule has 0 aliphatic heterocycles. The number of nitrogens with zero attached hydrogens (tertiary/aromatic N) is 1. The van der Waals surface area contributed by atoms with Crippen molar-refractivity contribution in [3.05, 3.63) is 51.3 Å². The van der Waals surface area contributed by atoms with Crippen LogP contribution in [-0.2, 0) is 0 Å². The smallest absolute Gasteiger partial charge is 0.257 e. The average molecular weight is 365 g/mol. The lowest BCUT2D eigenvalue weighted by Crippen LogP contribution is -2.12. The fourth-order valence-corrected chi connectivity index (χ4v) is 2.20. The Morgan fingerprint density at radius 3 is 2.27 bits per heavy atom. The van der Waals surface area contributed by atoms with Gasteiger partial charge in [-0.15, -0.1) is 4.91 Å². The van der Waals surface area contributed by atoms with E-state index in [4.69, 9.17) is 9.47 Å². The molecule has 0 radical (unpaired) electrons. The van der Waals surface area contributed by atoms with Gasteiger partial charge in [0.15, 0.2) is 0 Å². The van der Waals surface area contributed by atoms with Crippen molar-refractivity contribution in [3.8, 4) is 11.5 Å². The lowest BCUT2D eigenvalue weighted by Gasteiger charge is -2.10. The van der Waals surface area contributed by atoms with Gasteiger partial charge in [-0.05, 0) is 23.4 Å². The van der Waals surface area contributed by atoms with Crippen molar-refractivity contribution in [1.29, 1.82) is 0 Å². The van der Waals surface area contributed by atoms with Crippen LogP contribution in [0.2, 0.25) is 0 Å². The van der Waals surface area contributed by atoms with Crippen LogP contribution < -0.4 is 14.8 Å². The molecule has 2 aromatic carbocycles. The minimum absolute atomic E-state index is 0.0572. The van der Waals surface area contributed by atoms with E-state index >= 15 is 0 Å². The number of nitroso groups, excluding NO2 is 1. The third-order valence-corrected chi connectivity index (χ3v) is 3.41. The molecule has 0 spiro atoms. The number of carbonyl (C=O) groups excluding carboxylic acids is 1. The molecule has 0 heterocycles. The minimum Gasteiger partial charge on any atom is -0.497 e. The van der Waals surface area contributed by atoms with E-state index in [9.17, 15) is 9.70 Å². The Balaban J connectivity index is 2.31. The molecular weight excluding hydrogens is 352 g/mol. The molecule has 2 aromatic rings. The maximum atomic E-state index is 12.3. The lowest BCUT2D eigenvalue weighted by molar-refractivity contribution is 0.102. The second-order valence-corrected chi connectivity index (χ2v) is 5.22. The summed E-state index contributed by atoms with van der Waals surface area (Å²) < 4.78 is 10.9. The van der Waals surface area contributed by atoms with Crippen LogP contribution in [0.25, 0.3) is 0 Å². The maximum absolute atomic E-state index is 12.3. The third-order valence-electron chi connectivity index (χ3n) is 2.91. The first-order chi connectivity index (χ1) is 10.6. The zero-order valence-electron chi connectivity index (χ0n) is 11.9. The number of nitrogens with one attached hydrogen (secondary N) is 1. The summed E-state index contributed by atoms with van der Waals surface area (Å²) in [4.78, 5) is 23.1. The average Bonchev–Trinajstić information content (AvgIpc) is 2.53. The fourth-order valence-electron chi connectivity index (χ4n) is 1.85. The van der Waals surface area contributed by atoms with Gasteiger partial charge >= 0.3 is 0 Å². The predicted octanol–water partition coefficient (Wildman–Crippen LogP) is 4.12. The quantitative estimate of drug-likeness (QED) is 0.809. The number of anilines is 1. The highest BCUT2D eigenvalue weighted by atomic mass is 79.9. The molecule has 0 unspecified atom stereocenters. The van der Waals surface area contributed by atoms with Gasteiger partial charge in [0.05, 0.1) is 19.8 Å². The van der Waals surface area contributed by atoms with Crippen LogP contribution in [0.15, 0.2) is 46.0 Å². The largest absolute Gasteiger partial charge is 0.497 e. The van der Waals surface area contributed by atoms with Crippen LogP contribution in [0.4, 0.5) is 11.4 Å². The highest BCUT2D eigenvalue weighted by Crippen LogP contribution is 2.28. The summed E-state index contributed by atoms with van der Waals surface area (Å²) in [6.45, 7) is 0. The van der Waals surface area contributed by atoms with E-state index in [0.29, 0.717) is 21.7 Å². The summed E-state index contributed by atoms with van der Waals surface area (Å²) >= 11 is 3.23. The Hall–Kier alpha value is -2.41. The van der Waals surface area contributed by atoms with E-state index in [1.807, 2.05) is 0 Å². The van der Waals surface area contributed by atoms with E-state index in [1.54, 1.807) is 24.3 Å². The van der Waals surface area contributed by atoms with Crippen molar-refractivity contribution in [2.75, 3.05) is 19.5 Å². The number of ether oxygens (including phenoxy) is 2. The highest BCUT2D eigenvalue weighted by Gasteiger charge is 2.14. The van der Waals surface area contributed by atoms with Crippen molar-refractivity contribution in [2.45, 2.75) is 0 Å². The van der Waals surface area contributed by atoms with Gasteiger partial charge in [-0.3, -0.25) is 4.79 Å². The van der Waals surface area contributed by atoms with Crippen molar-refractivity contribution < 1.29 is 14.3 Å². The number of benzene rings is 2. The molecule has 0 atom stereocenters. The number of hydrogen-bond donors (Lipinski definition) is 1. The highest BCUT2D eigenvalue weighted by molar-refractivity contribution is 9.10. The first-order valence-corrected chi connectivity index (χ1v) is 7.04. The Labute approximate surface area is 135 Å². The van der Waals surface area contributed by atoms with Gasteiger partial charge in [-0.2, -0.15) is 0 Å². The second-order valence-electron chi connectivity index (χ2n) is 4.31. The molecule has 0 saturated carbocycles.